The van der Waals surface area contributed by atoms with Crippen molar-refractivity contribution in [2.45, 2.75) is 0 Å². The molecule has 0 fully saturated rings. The van der Waals surface area contributed by atoms with Crippen LogP contribution in [0.3, 0.4) is 0 Å². The van der Waals surface area contributed by atoms with Crippen LogP contribution in [0.2, 0.25) is 0 Å². The first kappa shape index (κ1) is 10.8. The van der Waals surface area contributed by atoms with Crippen LogP contribution in [0.15, 0.2) is 0 Å². The van der Waals surface area contributed by atoms with Gasteiger partial charge in [0.25, 0.3) is 20.2 Å². The van der Waals surface area contributed by atoms with E-state index in [4.69, 9.17) is 9.11 Å². The van der Waals surface area contributed by atoms with E-state index in [0.29, 0.717) is 0 Å². The lowest BCUT2D eigenvalue weighted by atomic mass is 11.5. The highest BCUT2D eigenvalue weighted by molar-refractivity contribution is 7.86. The summed E-state index contributed by atoms with van der Waals surface area (Å²) in [6.45, 7) is 0. The molecule has 0 rings (SSSR count). The van der Waals surface area contributed by atoms with Crippen LogP contribution in [-0.4, -0.2) is 37.8 Å². The summed E-state index contributed by atoms with van der Waals surface area (Å²) >= 11 is 0. The minimum Gasteiger partial charge on any atom is -0.345 e. The molecule has 0 aromatic heterocycles. The van der Waals surface area contributed by atoms with Crippen LogP contribution >= 0.6 is 0 Å². The van der Waals surface area contributed by atoms with Gasteiger partial charge in [-0.1, -0.05) is 0 Å². The van der Waals surface area contributed by atoms with Gasteiger partial charge in [-0.15, -0.1) is 0 Å². The van der Waals surface area contributed by atoms with Crippen molar-refractivity contribution in [1.82, 2.24) is 0 Å². The molecule has 2 N–H and O–H groups in total. The smallest absolute Gasteiger partial charge is 0.289 e. The Morgan fingerprint density at radius 3 is 1.36 bits per heavy atom. The van der Waals surface area contributed by atoms with Crippen molar-refractivity contribution in [3.8, 4) is 0 Å². The molecule has 0 unspecified atom stereocenters. The van der Waals surface area contributed by atoms with E-state index in [2.05, 4.69) is 4.74 Å². The topological polar surface area (TPSA) is 118 Å². The molecule has 0 heterocycles. The fraction of sp³-hybridized carbons (Fsp3) is 1.00. The van der Waals surface area contributed by atoms with E-state index in [1.807, 2.05) is 0 Å². The van der Waals surface area contributed by atoms with E-state index in [0.717, 1.165) is 0 Å². The number of rotatable bonds is 4. The molecule has 0 bridgehead atoms. The van der Waals surface area contributed by atoms with Crippen molar-refractivity contribution in [2.24, 2.45) is 0 Å². The van der Waals surface area contributed by atoms with Gasteiger partial charge in [0.1, 0.15) is 0 Å². The van der Waals surface area contributed by atoms with Crippen LogP contribution < -0.4 is 0 Å². The predicted octanol–water partition coefficient (Wildman–Crippen LogP) is -1.31. The molecule has 7 nitrogen and oxygen atoms in total. The molecule has 0 amide bonds. The Balaban J connectivity index is 3.79. The fourth-order valence-electron chi connectivity index (χ4n) is 0.245. The summed E-state index contributed by atoms with van der Waals surface area (Å²) in [7, 11) is -8.69. The lowest BCUT2D eigenvalue weighted by Crippen LogP contribution is -2.13. The average molecular weight is 206 g/mol. The molecule has 11 heavy (non-hydrogen) atoms. The van der Waals surface area contributed by atoms with E-state index in [9.17, 15) is 16.8 Å². The summed E-state index contributed by atoms with van der Waals surface area (Å²) in [4.78, 5) is 0. The molecule has 0 atom stereocenters. The zero-order chi connectivity index (χ0) is 9.12. The van der Waals surface area contributed by atoms with Gasteiger partial charge in [0.2, 0.25) is 0 Å². The van der Waals surface area contributed by atoms with Crippen LogP contribution in [0, 0.1) is 0 Å². The molecule has 0 saturated carbocycles. The fourth-order valence-corrected chi connectivity index (χ4v) is 0.938. The van der Waals surface area contributed by atoms with E-state index < -0.39 is 32.1 Å². The Kier molecular flexibility index (Phi) is 3.38. The first-order valence-electron chi connectivity index (χ1n) is 2.19. The molecule has 0 radical (unpaired) electrons. The van der Waals surface area contributed by atoms with Crippen LogP contribution in [0.4, 0.5) is 0 Å². The normalized spacial score (nSPS) is 13.3. The van der Waals surface area contributed by atoms with Crippen LogP contribution in [0.25, 0.3) is 0 Å². The highest BCUT2D eigenvalue weighted by Crippen LogP contribution is 1.88. The molecular formula is C2H6O7S2. The summed E-state index contributed by atoms with van der Waals surface area (Å²) < 4.78 is 59.3. The van der Waals surface area contributed by atoms with E-state index in [1.165, 1.54) is 0 Å². The number of hydrogen-bond donors (Lipinski definition) is 2. The SMILES string of the molecule is O=S(=O)(O)COCS(=O)(=O)O. The summed E-state index contributed by atoms with van der Waals surface area (Å²) in [6, 6.07) is 0. The van der Waals surface area contributed by atoms with E-state index in [-0.39, 0.29) is 0 Å². The second kappa shape index (κ2) is 3.45. The number of ether oxygens (including phenoxy) is 1. The Hall–Kier alpha value is -0.220. The maximum absolute atomic E-state index is 9.87. The van der Waals surface area contributed by atoms with Crippen molar-refractivity contribution in [2.75, 3.05) is 11.9 Å². The standard InChI is InChI=1S/C2H6O7S2/c3-10(4,5)1-9-2-11(6,7)8/h1-2H2,(H,3,4,5)(H,6,7,8). The molecule has 0 aromatic rings. The summed E-state index contributed by atoms with van der Waals surface area (Å²) in [5, 5.41) is 0. The van der Waals surface area contributed by atoms with Crippen molar-refractivity contribution in [3.63, 3.8) is 0 Å². The summed E-state index contributed by atoms with van der Waals surface area (Å²) in [5.41, 5.74) is 0. The summed E-state index contributed by atoms with van der Waals surface area (Å²) in [6.07, 6.45) is 0. The minimum absolute atomic E-state index is 1.16. The molecule has 0 aromatic carbocycles. The monoisotopic (exact) mass is 206 g/mol. The van der Waals surface area contributed by atoms with Crippen LogP contribution in [0.1, 0.15) is 0 Å². The van der Waals surface area contributed by atoms with Crippen molar-refractivity contribution >= 4 is 20.2 Å². The highest BCUT2D eigenvalue weighted by atomic mass is 32.2. The predicted molar refractivity (Wildman–Crippen MR) is 33.9 cm³/mol. The second-order valence-electron chi connectivity index (χ2n) is 1.60. The lowest BCUT2D eigenvalue weighted by molar-refractivity contribution is 0.209. The van der Waals surface area contributed by atoms with Gasteiger partial charge < -0.3 is 4.74 Å². The molecule has 0 aliphatic rings. The maximum atomic E-state index is 9.87. The minimum atomic E-state index is -4.34. The lowest BCUT2D eigenvalue weighted by Gasteiger charge is -1.97. The van der Waals surface area contributed by atoms with Gasteiger partial charge in [-0.2, -0.15) is 16.8 Å². The molecular weight excluding hydrogens is 200 g/mol. The Labute approximate surface area is 63.5 Å². The Morgan fingerprint density at radius 2 is 1.18 bits per heavy atom. The molecule has 0 aliphatic heterocycles. The third kappa shape index (κ3) is 9.78. The molecule has 68 valence electrons. The first-order chi connectivity index (χ1) is 4.71. The summed E-state index contributed by atoms with van der Waals surface area (Å²) in [5.74, 6) is -2.32. The van der Waals surface area contributed by atoms with Gasteiger partial charge in [-0.05, 0) is 0 Å². The molecule has 0 spiro atoms. The van der Waals surface area contributed by atoms with Crippen molar-refractivity contribution in [1.29, 1.82) is 0 Å². The third-order valence-electron chi connectivity index (χ3n) is 0.465. The number of hydrogen-bond acceptors (Lipinski definition) is 5. The first-order valence-corrected chi connectivity index (χ1v) is 5.40. The van der Waals surface area contributed by atoms with Gasteiger partial charge in [0.15, 0.2) is 11.9 Å². The van der Waals surface area contributed by atoms with Crippen molar-refractivity contribution in [3.05, 3.63) is 0 Å². The highest BCUT2D eigenvalue weighted by Gasteiger charge is 2.08. The van der Waals surface area contributed by atoms with Crippen LogP contribution in [0.5, 0.6) is 0 Å². The van der Waals surface area contributed by atoms with Gasteiger partial charge in [-0.25, -0.2) is 0 Å². The maximum Gasteiger partial charge on any atom is 0.289 e. The zero-order valence-corrected chi connectivity index (χ0v) is 6.80. The van der Waals surface area contributed by atoms with Gasteiger partial charge in [0.05, 0.1) is 0 Å². The average Bonchev–Trinajstić information content (AvgIpc) is 1.55. The second-order valence-corrected chi connectivity index (χ2v) is 4.40. The molecule has 9 heteroatoms. The third-order valence-corrected chi connectivity index (χ3v) is 1.39. The molecule has 0 aliphatic carbocycles. The Bertz CT molecular complexity index is 263. The quantitative estimate of drug-likeness (QED) is 0.548. The Morgan fingerprint density at radius 1 is 0.909 bits per heavy atom. The van der Waals surface area contributed by atoms with Gasteiger partial charge >= 0.3 is 0 Å². The van der Waals surface area contributed by atoms with E-state index >= 15 is 0 Å². The van der Waals surface area contributed by atoms with Gasteiger partial charge in [0, 0.05) is 0 Å². The van der Waals surface area contributed by atoms with Gasteiger partial charge in [-0.3, -0.25) is 9.11 Å². The van der Waals surface area contributed by atoms with Crippen molar-refractivity contribution < 1.29 is 30.7 Å². The zero-order valence-electron chi connectivity index (χ0n) is 5.17. The van der Waals surface area contributed by atoms with E-state index in [1.54, 1.807) is 0 Å². The molecule has 0 saturated heterocycles. The largest absolute Gasteiger partial charge is 0.345 e. The van der Waals surface area contributed by atoms with Crippen LogP contribution in [-0.2, 0) is 25.0 Å².